The van der Waals surface area contributed by atoms with E-state index in [9.17, 15) is 0 Å². The first kappa shape index (κ1) is 14.0. The van der Waals surface area contributed by atoms with Crippen molar-refractivity contribution < 1.29 is 0 Å². The number of benzene rings is 2. The number of thioether (sulfide) groups is 1. The molecule has 0 amide bonds. The highest BCUT2D eigenvalue weighted by Gasteiger charge is 2.18. The second-order valence-electron chi connectivity index (χ2n) is 5.01. The van der Waals surface area contributed by atoms with E-state index < -0.39 is 0 Å². The molecule has 1 aliphatic rings. The number of halogens is 1. The highest BCUT2D eigenvalue weighted by molar-refractivity contribution is 9.10. The van der Waals surface area contributed by atoms with Crippen LogP contribution in [0.4, 0.5) is 5.69 Å². The Morgan fingerprint density at radius 3 is 2.90 bits per heavy atom. The van der Waals surface area contributed by atoms with E-state index in [-0.39, 0.29) is 0 Å². The number of hydrogen-bond donors (Lipinski definition) is 1. The summed E-state index contributed by atoms with van der Waals surface area (Å²) in [6, 6.07) is 12.8. The van der Waals surface area contributed by atoms with Crippen LogP contribution in [-0.4, -0.2) is 17.0 Å². The van der Waals surface area contributed by atoms with Gasteiger partial charge < -0.3 is 5.32 Å². The van der Waals surface area contributed by atoms with Crippen molar-refractivity contribution in [1.82, 2.24) is 0 Å². The van der Waals surface area contributed by atoms with Gasteiger partial charge in [-0.1, -0.05) is 53.2 Å². The van der Waals surface area contributed by atoms with Gasteiger partial charge in [0.1, 0.15) is 0 Å². The third-order valence-corrected chi connectivity index (χ3v) is 5.05. The molecule has 1 heterocycles. The monoisotopic (exact) mass is 348 g/mol. The molecule has 0 aliphatic carbocycles. The summed E-state index contributed by atoms with van der Waals surface area (Å²) >= 11 is 5.37. The zero-order valence-electron chi connectivity index (χ0n) is 11.4. The average Bonchev–Trinajstić information content (AvgIpc) is 2.87. The van der Waals surface area contributed by atoms with E-state index in [1.165, 1.54) is 23.6 Å². The molecular formula is C16H17BrN2S. The maximum atomic E-state index is 4.59. The van der Waals surface area contributed by atoms with E-state index in [2.05, 4.69) is 69.6 Å². The van der Waals surface area contributed by atoms with Gasteiger partial charge in [0.05, 0.1) is 6.54 Å². The summed E-state index contributed by atoms with van der Waals surface area (Å²) in [5.41, 5.74) is 1.11. The lowest BCUT2D eigenvalue weighted by molar-refractivity contribution is 0.754. The Bertz CT molecular complexity index is 654. The van der Waals surface area contributed by atoms with Crippen LogP contribution in [0.25, 0.3) is 10.8 Å². The minimum Gasteiger partial charge on any atom is -0.335 e. The Hall–Kier alpha value is -1.00. The first-order chi connectivity index (χ1) is 9.74. The molecular weight excluding hydrogens is 332 g/mol. The highest BCUT2D eigenvalue weighted by atomic mass is 79.9. The van der Waals surface area contributed by atoms with Gasteiger partial charge in [-0.25, -0.2) is 0 Å². The molecule has 2 nitrogen and oxygen atoms in total. The van der Waals surface area contributed by atoms with Crippen LogP contribution in [-0.2, 0) is 0 Å². The van der Waals surface area contributed by atoms with Gasteiger partial charge in [-0.05, 0) is 41.5 Å². The number of rotatable bonds is 3. The van der Waals surface area contributed by atoms with Crippen LogP contribution in [0.5, 0.6) is 0 Å². The molecule has 1 atom stereocenters. The number of aliphatic imine (C=N–C) groups is 1. The van der Waals surface area contributed by atoms with E-state index in [4.69, 9.17) is 0 Å². The fourth-order valence-electron chi connectivity index (χ4n) is 2.38. The number of fused-ring (bicyclic) bond motifs is 1. The quantitative estimate of drug-likeness (QED) is 0.815. The molecule has 0 radical (unpaired) electrons. The summed E-state index contributed by atoms with van der Waals surface area (Å²) in [6.07, 6.45) is 2.47. The predicted octanol–water partition coefficient (Wildman–Crippen LogP) is 5.29. The lowest BCUT2D eigenvalue weighted by atomic mass is 10.1. The molecule has 2 aromatic rings. The minimum absolute atomic E-state index is 0.652. The number of hydrogen-bond acceptors (Lipinski definition) is 3. The predicted molar refractivity (Wildman–Crippen MR) is 93.9 cm³/mol. The van der Waals surface area contributed by atoms with Crippen LogP contribution in [0.3, 0.4) is 0 Å². The molecule has 0 saturated heterocycles. The van der Waals surface area contributed by atoms with Gasteiger partial charge in [0, 0.05) is 15.4 Å². The van der Waals surface area contributed by atoms with Crippen LogP contribution in [0, 0.1) is 0 Å². The van der Waals surface area contributed by atoms with Crippen molar-refractivity contribution in [3.05, 3.63) is 40.9 Å². The maximum absolute atomic E-state index is 4.59. The van der Waals surface area contributed by atoms with Crippen molar-refractivity contribution in [2.24, 2.45) is 4.99 Å². The van der Waals surface area contributed by atoms with E-state index >= 15 is 0 Å². The molecule has 2 aromatic carbocycles. The number of anilines is 1. The summed E-state index contributed by atoms with van der Waals surface area (Å²) in [7, 11) is 0. The van der Waals surface area contributed by atoms with Crippen molar-refractivity contribution in [1.29, 1.82) is 0 Å². The molecule has 0 aromatic heterocycles. The molecule has 0 fully saturated rings. The molecule has 20 heavy (non-hydrogen) atoms. The van der Waals surface area contributed by atoms with Gasteiger partial charge >= 0.3 is 0 Å². The average molecular weight is 349 g/mol. The lowest BCUT2D eigenvalue weighted by Gasteiger charge is -2.09. The molecule has 1 N–H and O–H groups in total. The normalized spacial score (nSPS) is 18.3. The number of nitrogens with one attached hydrogen (secondary N) is 1. The summed E-state index contributed by atoms with van der Waals surface area (Å²) < 4.78 is 1.11. The van der Waals surface area contributed by atoms with Crippen LogP contribution < -0.4 is 5.32 Å². The third-order valence-electron chi connectivity index (χ3n) is 3.38. The van der Waals surface area contributed by atoms with Crippen LogP contribution in [0.1, 0.15) is 19.8 Å². The smallest absolute Gasteiger partial charge is 0.161 e. The van der Waals surface area contributed by atoms with Gasteiger partial charge in [-0.3, -0.25) is 4.99 Å². The fourth-order valence-corrected chi connectivity index (χ4v) is 3.90. The maximum Gasteiger partial charge on any atom is 0.161 e. The zero-order valence-corrected chi connectivity index (χ0v) is 13.8. The fraction of sp³-hybridized carbons (Fsp3) is 0.312. The van der Waals surface area contributed by atoms with E-state index in [0.29, 0.717) is 5.25 Å². The summed E-state index contributed by atoms with van der Waals surface area (Å²) in [4.78, 5) is 4.59. The summed E-state index contributed by atoms with van der Waals surface area (Å²) in [6.45, 7) is 3.18. The Labute approximate surface area is 132 Å². The van der Waals surface area contributed by atoms with Crippen LogP contribution in [0.2, 0.25) is 0 Å². The van der Waals surface area contributed by atoms with Gasteiger partial charge in [-0.15, -0.1) is 0 Å². The zero-order chi connectivity index (χ0) is 13.9. The summed E-state index contributed by atoms with van der Waals surface area (Å²) in [5, 5.41) is 7.63. The molecule has 1 aliphatic heterocycles. The van der Waals surface area contributed by atoms with Crippen molar-refractivity contribution in [2.75, 3.05) is 11.9 Å². The van der Waals surface area contributed by atoms with Gasteiger partial charge in [0.25, 0.3) is 0 Å². The van der Waals surface area contributed by atoms with Crippen molar-refractivity contribution in [3.8, 4) is 0 Å². The van der Waals surface area contributed by atoms with Gasteiger partial charge in [-0.2, -0.15) is 0 Å². The first-order valence-electron chi connectivity index (χ1n) is 6.92. The molecule has 0 bridgehead atoms. The van der Waals surface area contributed by atoms with Gasteiger partial charge in [0.2, 0.25) is 0 Å². The lowest BCUT2D eigenvalue weighted by Crippen LogP contribution is -2.07. The molecule has 4 heteroatoms. The van der Waals surface area contributed by atoms with E-state index in [0.717, 1.165) is 21.9 Å². The first-order valence-corrected chi connectivity index (χ1v) is 8.59. The van der Waals surface area contributed by atoms with Crippen molar-refractivity contribution in [3.63, 3.8) is 0 Å². The highest BCUT2D eigenvalue weighted by Crippen LogP contribution is 2.27. The van der Waals surface area contributed by atoms with E-state index in [1.54, 1.807) is 0 Å². The molecule has 1 unspecified atom stereocenters. The number of nitrogens with zero attached hydrogens (tertiary/aromatic N) is 1. The van der Waals surface area contributed by atoms with Crippen molar-refractivity contribution >= 4 is 49.3 Å². The third kappa shape index (κ3) is 3.18. The SMILES string of the molecule is CCCC1CN=C(Nc2ccc3cc(Br)ccc3c2)S1. The number of amidine groups is 1. The van der Waals surface area contributed by atoms with Crippen LogP contribution >= 0.6 is 27.7 Å². The Morgan fingerprint density at radius 2 is 2.05 bits per heavy atom. The Balaban J connectivity index is 1.74. The molecule has 0 spiro atoms. The minimum atomic E-state index is 0.652. The van der Waals surface area contributed by atoms with Crippen LogP contribution in [0.15, 0.2) is 45.9 Å². The molecule has 0 saturated carbocycles. The molecule has 3 rings (SSSR count). The second-order valence-corrected chi connectivity index (χ2v) is 7.21. The Kier molecular flexibility index (Phi) is 4.32. The topological polar surface area (TPSA) is 24.4 Å². The van der Waals surface area contributed by atoms with Crippen molar-refractivity contribution in [2.45, 2.75) is 25.0 Å². The Morgan fingerprint density at radius 1 is 1.25 bits per heavy atom. The standard InChI is InChI=1S/C16H17BrN2S/c1-2-3-15-10-18-16(20-15)19-14-7-5-11-8-13(17)6-4-12(11)9-14/h4-9,15H,2-3,10H2,1H3,(H,18,19). The summed E-state index contributed by atoms with van der Waals surface area (Å²) in [5.74, 6) is 0. The van der Waals surface area contributed by atoms with Gasteiger partial charge in [0.15, 0.2) is 5.17 Å². The largest absolute Gasteiger partial charge is 0.335 e. The molecule has 104 valence electrons. The second kappa shape index (κ2) is 6.19. The van der Waals surface area contributed by atoms with E-state index in [1.807, 2.05) is 11.8 Å².